The Kier molecular flexibility index (Phi) is 4.64. The van der Waals surface area contributed by atoms with E-state index in [0.717, 1.165) is 11.1 Å². The Morgan fingerprint density at radius 3 is 2.65 bits per heavy atom. The van der Waals surface area contributed by atoms with Crippen molar-refractivity contribution in [3.8, 4) is 0 Å². The molecule has 0 amide bonds. The zero-order chi connectivity index (χ0) is 14.8. The zero-order valence-electron chi connectivity index (χ0n) is 10.8. The summed E-state index contributed by atoms with van der Waals surface area (Å²) in [6.07, 6.45) is 0. The van der Waals surface area contributed by atoms with Gasteiger partial charge in [0.25, 0.3) is 0 Å². The topological polar surface area (TPSA) is 79.5 Å². The summed E-state index contributed by atoms with van der Waals surface area (Å²) in [6, 6.07) is 8.83. The van der Waals surface area contributed by atoms with Crippen molar-refractivity contribution in [3.05, 3.63) is 51.9 Å². The summed E-state index contributed by atoms with van der Waals surface area (Å²) in [5.41, 5.74) is 1.91. The summed E-state index contributed by atoms with van der Waals surface area (Å²) in [7, 11) is -3.70. The number of nitrogens with one attached hydrogen (secondary N) is 1. The molecule has 1 heterocycles. The molecule has 0 aliphatic carbocycles. The van der Waals surface area contributed by atoms with Crippen LogP contribution >= 0.6 is 15.9 Å². The maximum absolute atomic E-state index is 12.2. The van der Waals surface area contributed by atoms with Crippen LogP contribution in [0.1, 0.15) is 16.9 Å². The fourth-order valence-corrected chi connectivity index (χ4v) is 3.72. The molecule has 0 saturated carbocycles. The molecule has 0 atom stereocenters. The van der Waals surface area contributed by atoms with Gasteiger partial charge in [-0.25, -0.2) is 13.1 Å². The standard InChI is InChI=1S/C13H14BrNO4S/c1-9-4-2-3-5-10(9)7-15-20(17,18)12-6-11(8-16)19-13(12)14/h2-6,15-16H,7-8H2,1H3. The van der Waals surface area contributed by atoms with Gasteiger partial charge in [0, 0.05) is 12.6 Å². The van der Waals surface area contributed by atoms with Crippen LogP contribution in [0.2, 0.25) is 0 Å². The molecule has 0 spiro atoms. The van der Waals surface area contributed by atoms with Crippen molar-refractivity contribution in [2.75, 3.05) is 0 Å². The van der Waals surface area contributed by atoms with E-state index in [1.54, 1.807) is 0 Å². The van der Waals surface area contributed by atoms with Crippen molar-refractivity contribution in [3.63, 3.8) is 0 Å². The van der Waals surface area contributed by atoms with Crippen LogP contribution in [0.5, 0.6) is 0 Å². The Bertz CT molecular complexity index is 709. The first-order valence-corrected chi connectivity index (χ1v) is 8.15. The quantitative estimate of drug-likeness (QED) is 0.858. The van der Waals surface area contributed by atoms with E-state index in [0.29, 0.717) is 0 Å². The van der Waals surface area contributed by atoms with Gasteiger partial charge in [0.05, 0.1) is 0 Å². The summed E-state index contributed by atoms with van der Waals surface area (Å²) in [5.74, 6) is 0.188. The highest BCUT2D eigenvalue weighted by Gasteiger charge is 2.22. The maximum atomic E-state index is 12.2. The van der Waals surface area contributed by atoms with Gasteiger partial charge in [-0.1, -0.05) is 24.3 Å². The molecule has 1 aromatic heterocycles. The van der Waals surface area contributed by atoms with Crippen LogP contribution in [0, 0.1) is 6.92 Å². The van der Waals surface area contributed by atoms with Crippen molar-refractivity contribution in [1.29, 1.82) is 0 Å². The van der Waals surface area contributed by atoms with E-state index in [4.69, 9.17) is 9.52 Å². The number of sulfonamides is 1. The second-order valence-corrected chi connectivity index (χ2v) is 6.72. The Balaban J connectivity index is 2.19. The van der Waals surface area contributed by atoms with Crippen molar-refractivity contribution in [1.82, 2.24) is 4.72 Å². The van der Waals surface area contributed by atoms with Gasteiger partial charge in [-0.05, 0) is 34.0 Å². The van der Waals surface area contributed by atoms with E-state index in [2.05, 4.69) is 20.7 Å². The highest BCUT2D eigenvalue weighted by molar-refractivity contribution is 9.10. The summed E-state index contributed by atoms with van der Waals surface area (Å²) in [4.78, 5) is -0.0184. The second-order valence-electron chi connectivity index (χ2n) is 4.26. The average Bonchev–Trinajstić information content (AvgIpc) is 2.80. The minimum Gasteiger partial charge on any atom is -0.450 e. The third kappa shape index (κ3) is 3.29. The predicted octanol–water partition coefficient (Wildman–Crippen LogP) is 2.32. The predicted molar refractivity (Wildman–Crippen MR) is 77.5 cm³/mol. The first-order valence-electron chi connectivity index (χ1n) is 5.87. The van der Waals surface area contributed by atoms with Crippen LogP contribution in [0.4, 0.5) is 0 Å². The fraction of sp³-hybridized carbons (Fsp3) is 0.231. The highest BCUT2D eigenvalue weighted by Crippen LogP contribution is 2.26. The number of aliphatic hydroxyl groups is 1. The summed E-state index contributed by atoms with van der Waals surface area (Å²) in [5, 5.41) is 8.96. The van der Waals surface area contributed by atoms with Crippen LogP contribution in [0.25, 0.3) is 0 Å². The van der Waals surface area contributed by atoms with Crippen molar-refractivity contribution in [2.24, 2.45) is 0 Å². The third-order valence-corrected chi connectivity index (χ3v) is 5.12. The van der Waals surface area contributed by atoms with Crippen molar-refractivity contribution in [2.45, 2.75) is 25.0 Å². The van der Waals surface area contributed by atoms with Crippen LogP contribution < -0.4 is 4.72 Å². The van der Waals surface area contributed by atoms with Crippen LogP contribution in [-0.4, -0.2) is 13.5 Å². The van der Waals surface area contributed by atoms with E-state index in [1.165, 1.54) is 6.07 Å². The first-order chi connectivity index (χ1) is 9.44. The Hall–Kier alpha value is -1.15. The second kappa shape index (κ2) is 6.09. The largest absolute Gasteiger partial charge is 0.450 e. The lowest BCUT2D eigenvalue weighted by Gasteiger charge is -2.07. The Labute approximate surface area is 125 Å². The minimum atomic E-state index is -3.70. The SMILES string of the molecule is Cc1ccccc1CNS(=O)(=O)c1cc(CO)oc1Br. The average molecular weight is 360 g/mol. The van der Waals surface area contributed by atoms with E-state index < -0.39 is 10.0 Å². The number of furan rings is 1. The lowest BCUT2D eigenvalue weighted by molar-refractivity contribution is 0.245. The first kappa shape index (κ1) is 15.2. The van der Waals surface area contributed by atoms with E-state index in [-0.39, 0.29) is 28.5 Å². The van der Waals surface area contributed by atoms with E-state index in [9.17, 15) is 8.42 Å². The summed E-state index contributed by atoms with van der Waals surface area (Å²) < 4.78 is 32.0. The number of rotatable bonds is 5. The number of hydrogen-bond donors (Lipinski definition) is 2. The van der Waals surface area contributed by atoms with Crippen LogP contribution in [-0.2, 0) is 23.2 Å². The number of aliphatic hydroxyl groups excluding tert-OH is 1. The van der Waals surface area contributed by atoms with E-state index >= 15 is 0 Å². The molecule has 0 saturated heterocycles. The van der Waals surface area contributed by atoms with Gasteiger partial charge < -0.3 is 9.52 Å². The molecule has 5 nitrogen and oxygen atoms in total. The molecular formula is C13H14BrNO4S. The molecule has 0 aliphatic rings. The maximum Gasteiger partial charge on any atom is 0.245 e. The molecule has 0 aliphatic heterocycles. The summed E-state index contributed by atoms with van der Waals surface area (Å²) in [6.45, 7) is 1.76. The fourth-order valence-electron chi connectivity index (χ4n) is 1.72. The van der Waals surface area contributed by atoms with Gasteiger partial charge in [-0.2, -0.15) is 0 Å². The number of benzene rings is 1. The molecule has 20 heavy (non-hydrogen) atoms. The monoisotopic (exact) mass is 359 g/mol. The molecule has 0 radical (unpaired) electrons. The molecule has 0 unspecified atom stereocenters. The zero-order valence-corrected chi connectivity index (χ0v) is 13.2. The van der Waals surface area contributed by atoms with Gasteiger partial charge in [0.15, 0.2) is 4.67 Å². The molecule has 0 bridgehead atoms. The summed E-state index contributed by atoms with van der Waals surface area (Å²) >= 11 is 3.04. The molecule has 108 valence electrons. The number of aryl methyl sites for hydroxylation is 1. The van der Waals surface area contributed by atoms with Gasteiger partial charge in [0.1, 0.15) is 17.3 Å². The van der Waals surface area contributed by atoms with Crippen molar-refractivity contribution >= 4 is 26.0 Å². The van der Waals surface area contributed by atoms with Crippen LogP contribution in [0.3, 0.4) is 0 Å². The van der Waals surface area contributed by atoms with Gasteiger partial charge in [-0.15, -0.1) is 0 Å². The molecule has 2 rings (SSSR count). The lowest BCUT2D eigenvalue weighted by atomic mass is 10.1. The number of hydrogen-bond acceptors (Lipinski definition) is 4. The van der Waals surface area contributed by atoms with Gasteiger partial charge >= 0.3 is 0 Å². The van der Waals surface area contributed by atoms with Gasteiger partial charge in [-0.3, -0.25) is 0 Å². The smallest absolute Gasteiger partial charge is 0.245 e. The number of halogens is 1. The minimum absolute atomic E-state index is 0.0184. The Morgan fingerprint density at radius 2 is 2.05 bits per heavy atom. The lowest BCUT2D eigenvalue weighted by Crippen LogP contribution is -2.23. The Morgan fingerprint density at radius 1 is 1.35 bits per heavy atom. The molecule has 2 N–H and O–H groups in total. The molecule has 1 aromatic carbocycles. The molecule has 2 aromatic rings. The van der Waals surface area contributed by atoms with Gasteiger partial charge in [0.2, 0.25) is 10.0 Å². The van der Waals surface area contributed by atoms with E-state index in [1.807, 2.05) is 31.2 Å². The highest BCUT2D eigenvalue weighted by atomic mass is 79.9. The molecular weight excluding hydrogens is 346 g/mol. The molecule has 7 heteroatoms. The van der Waals surface area contributed by atoms with Crippen molar-refractivity contribution < 1.29 is 17.9 Å². The molecule has 0 fully saturated rings. The van der Waals surface area contributed by atoms with Crippen LogP contribution in [0.15, 0.2) is 44.3 Å². The third-order valence-electron chi connectivity index (χ3n) is 2.87. The normalized spacial score (nSPS) is 11.8.